The van der Waals surface area contributed by atoms with Crippen molar-refractivity contribution in [2.45, 2.75) is 52.2 Å². The van der Waals surface area contributed by atoms with Gasteiger partial charge in [-0.1, -0.05) is 65.5 Å². The van der Waals surface area contributed by atoms with Crippen LogP contribution in [0.4, 0.5) is 0 Å². The highest BCUT2D eigenvalue weighted by Gasteiger charge is 2.29. The van der Waals surface area contributed by atoms with E-state index in [4.69, 9.17) is 46.4 Å². The molecule has 162 valence electrons. The van der Waals surface area contributed by atoms with Crippen molar-refractivity contribution >= 4 is 58.2 Å². The van der Waals surface area contributed by atoms with Crippen LogP contribution in [0, 0.1) is 0 Å². The Morgan fingerprint density at radius 1 is 0.967 bits per heavy atom. The summed E-state index contributed by atoms with van der Waals surface area (Å²) in [6.45, 7) is 5.84. The van der Waals surface area contributed by atoms with E-state index in [-0.39, 0.29) is 30.8 Å². The normalized spacial score (nSPS) is 12.0. The molecular weight excluding hydrogens is 466 g/mol. The lowest BCUT2D eigenvalue weighted by Gasteiger charge is -2.31. The van der Waals surface area contributed by atoms with Crippen LogP contribution in [0.5, 0.6) is 0 Å². The third-order valence-corrected chi connectivity index (χ3v) is 5.84. The number of amides is 2. The van der Waals surface area contributed by atoms with Gasteiger partial charge in [0.25, 0.3) is 0 Å². The van der Waals surface area contributed by atoms with Crippen LogP contribution in [-0.4, -0.2) is 28.8 Å². The molecule has 2 amide bonds. The zero-order valence-corrected chi connectivity index (χ0v) is 20.0. The van der Waals surface area contributed by atoms with Gasteiger partial charge in [0.15, 0.2) is 0 Å². The van der Waals surface area contributed by atoms with Gasteiger partial charge in [-0.3, -0.25) is 9.59 Å². The molecule has 0 aliphatic heterocycles. The Balaban J connectivity index is 2.35. The molecule has 8 heteroatoms. The fourth-order valence-corrected chi connectivity index (χ4v) is 3.86. The van der Waals surface area contributed by atoms with Crippen LogP contribution in [0.1, 0.15) is 38.3 Å². The second-order valence-corrected chi connectivity index (χ2v) is 8.93. The van der Waals surface area contributed by atoms with Crippen molar-refractivity contribution in [3.05, 3.63) is 67.6 Å². The molecule has 0 bridgehead atoms. The number of carbonyl (C=O) groups is 2. The van der Waals surface area contributed by atoms with E-state index in [9.17, 15) is 9.59 Å². The maximum Gasteiger partial charge on any atom is 0.243 e. The van der Waals surface area contributed by atoms with Gasteiger partial charge in [-0.25, -0.2) is 0 Å². The van der Waals surface area contributed by atoms with Crippen LogP contribution in [-0.2, 0) is 22.6 Å². The summed E-state index contributed by atoms with van der Waals surface area (Å²) < 4.78 is 0. The number of hydrogen-bond acceptors (Lipinski definition) is 2. The van der Waals surface area contributed by atoms with E-state index >= 15 is 0 Å². The molecule has 1 N–H and O–H groups in total. The molecule has 0 saturated heterocycles. The fourth-order valence-electron chi connectivity index (χ4n) is 3.06. The maximum atomic E-state index is 13.3. The van der Waals surface area contributed by atoms with Gasteiger partial charge in [-0.15, -0.1) is 0 Å². The van der Waals surface area contributed by atoms with Crippen molar-refractivity contribution < 1.29 is 9.59 Å². The largest absolute Gasteiger partial charge is 0.352 e. The highest BCUT2D eigenvalue weighted by atomic mass is 35.5. The quantitative estimate of drug-likeness (QED) is 0.481. The molecule has 0 aliphatic rings. The minimum absolute atomic E-state index is 0.0424. The van der Waals surface area contributed by atoms with Crippen LogP contribution < -0.4 is 5.32 Å². The van der Waals surface area contributed by atoms with Crippen molar-refractivity contribution in [1.82, 2.24) is 10.2 Å². The van der Waals surface area contributed by atoms with Gasteiger partial charge >= 0.3 is 0 Å². The first-order chi connectivity index (χ1) is 14.1. The van der Waals surface area contributed by atoms with Crippen molar-refractivity contribution in [2.75, 3.05) is 0 Å². The standard InChI is InChI=1S/C22H24Cl4N2O2/c1-4-20(22(30)27-13(2)3)28(12-14-5-8-17(24)19(26)9-14)21(29)10-15-6-7-16(23)11-18(15)25/h5-9,11,13,20H,4,10,12H2,1-3H3,(H,27,30). The second-order valence-electron chi connectivity index (χ2n) is 7.27. The number of nitrogens with zero attached hydrogens (tertiary/aromatic N) is 1. The Bertz CT molecular complexity index is 918. The number of benzene rings is 2. The number of halogens is 4. The Morgan fingerprint density at radius 2 is 1.67 bits per heavy atom. The van der Waals surface area contributed by atoms with Crippen LogP contribution >= 0.6 is 46.4 Å². The minimum atomic E-state index is -0.638. The highest BCUT2D eigenvalue weighted by molar-refractivity contribution is 6.42. The van der Waals surface area contributed by atoms with Gasteiger partial charge in [0, 0.05) is 22.6 Å². The van der Waals surface area contributed by atoms with Gasteiger partial charge in [-0.05, 0) is 55.7 Å². The summed E-state index contributed by atoms with van der Waals surface area (Å²) in [7, 11) is 0. The van der Waals surface area contributed by atoms with Crippen molar-refractivity contribution in [3.8, 4) is 0 Å². The van der Waals surface area contributed by atoms with Gasteiger partial charge in [-0.2, -0.15) is 0 Å². The molecule has 0 heterocycles. The average Bonchev–Trinajstić information content (AvgIpc) is 2.66. The molecule has 0 radical (unpaired) electrons. The lowest BCUT2D eigenvalue weighted by molar-refractivity contribution is -0.141. The van der Waals surface area contributed by atoms with E-state index in [0.29, 0.717) is 32.1 Å². The Kier molecular flexibility index (Phi) is 9.30. The number of nitrogens with one attached hydrogen (secondary N) is 1. The van der Waals surface area contributed by atoms with Gasteiger partial charge in [0.05, 0.1) is 16.5 Å². The lowest BCUT2D eigenvalue weighted by atomic mass is 10.1. The molecule has 0 saturated carbocycles. The smallest absolute Gasteiger partial charge is 0.243 e. The Morgan fingerprint density at radius 3 is 2.23 bits per heavy atom. The lowest BCUT2D eigenvalue weighted by Crippen LogP contribution is -2.50. The minimum Gasteiger partial charge on any atom is -0.352 e. The third-order valence-electron chi connectivity index (χ3n) is 4.51. The number of hydrogen-bond donors (Lipinski definition) is 1. The molecular formula is C22H24Cl4N2O2. The topological polar surface area (TPSA) is 49.4 Å². The van der Waals surface area contributed by atoms with E-state index in [1.807, 2.05) is 20.8 Å². The zero-order chi connectivity index (χ0) is 22.4. The zero-order valence-electron chi connectivity index (χ0n) is 17.0. The monoisotopic (exact) mass is 488 g/mol. The van der Waals surface area contributed by atoms with Crippen LogP contribution in [0.2, 0.25) is 20.1 Å². The van der Waals surface area contributed by atoms with Crippen molar-refractivity contribution in [2.24, 2.45) is 0 Å². The molecule has 0 spiro atoms. The maximum absolute atomic E-state index is 13.3. The van der Waals surface area contributed by atoms with Crippen LogP contribution in [0.25, 0.3) is 0 Å². The molecule has 4 nitrogen and oxygen atoms in total. The molecule has 0 aliphatic carbocycles. The summed E-state index contributed by atoms with van der Waals surface area (Å²) in [6, 6.07) is 9.48. The summed E-state index contributed by atoms with van der Waals surface area (Å²) in [5.41, 5.74) is 1.42. The molecule has 0 fully saturated rings. The first-order valence-electron chi connectivity index (χ1n) is 9.60. The van der Waals surface area contributed by atoms with Gasteiger partial charge < -0.3 is 10.2 Å². The molecule has 2 aromatic carbocycles. The van der Waals surface area contributed by atoms with E-state index in [2.05, 4.69) is 5.32 Å². The molecule has 1 unspecified atom stereocenters. The van der Waals surface area contributed by atoms with Gasteiger partial charge in [0.2, 0.25) is 11.8 Å². The number of rotatable bonds is 8. The third kappa shape index (κ3) is 6.78. The molecule has 0 aromatic heterocycles. The van der Waals surface area contributed by atoms with Crippen molar-refractivity contribution in [3.63, 3.8) is 0 Å². The average molecular weight is 490 g/mol. The summed E-state index contributed by atoms with van der Waals surface area (Å²) in [6.07, 6.45) is 0.503. The van der Waals surface area contributed by atoms with E-state index in [1.54, 1.807) is 41.3 Å². The van der Waals surface area contributed by atoms with E-state index < -0.39 is 6.04 Å². The van der Waals surface area contributed by atoms with E-state index in [0.717, 1.165) is 5.56 Å². The first kappa shape index (κ1) is 24.8. The molecule has 2 aromatic rings. The highest BCUT2D eigenvalue weighted by Crippen LogP contribution is 2.26. The predicted octanol–water partition coefficient (Wildman–Crippen LogP) is 6.17. The van der Waals surface area contributed by atoms with Crippen LogP contribution in [0.15, 0.2) is 36.4 Å². The Hall–Kier alpha value is -1.46. The van der Waals surface area contributed by atoms with E-state index in [1.165, 1.54) is 0 Å². The molecule has 1 atom stereocenters. The van der Waals surface area contributed by atoms with Crippen LogP contribution in [0.3, 0.4) is 0 Å². The summed E-state index contributed by atoms with van der Waals surface area (Å²) in [5.74, 6) is -0.431. The second kappa shape index (κ2) is 11.2. The number of carbonyl (C=O) groups excluding carboxylic acids is 2. The first-order valence-corrected chi connectivity index (χ1v) is 11.1. The predicted molar refractivity (Wildman–Crippen MR) is 125 cm³/mol. The summed E-state index contributed by atoms with van der Waals surface area (Å²) in [4.78, 5) is 27.7. The fraction of sp³-hybridized carbons (Fsp3) is 0.364. The molecule has 30 heavy (non-hydrogen) atoms. The van der Waals surface area contributed by atoms with Gasteiger partial charge in [0.1, 0.15) is 6.04 Å². The molecule has 2 rings (SSSR count). The summed E-state index contributed by atoms with van der Waals surface area (Å²) >= 11 is 24.4. The Labute approximate surface area is 197 Å². The van der Waals surface area contributed by atoms with Crippen molar-refractivity contribution in [1.29, 1.82) is 0 Å². The SMILES string of the molecule is CCC(C(=O)NC(C)C)N(Cc1ccc(Cl)c(Cl)c1)C(=O)Cc1ccc(Cl)cc1Cl. The summed E-state index contributed by atoms with van der Waals surface area (Å²) in [5, 5.41) is 4.61.